The molecule has 3 heteroatoms. The number of fused-ring (bicyclic) bond motifs is 1. The largest absolute Gasteiger partial charge is 0.348 e. The van der Waals surface area contributed by atoms with Crippen LogP contribution in [0.5, 0.6) is 0 Å². The fourth-order valence-corrected chi connectivity index (χ4v) is 2.03. The van der Waals surface area contributed by atoms with E-state index in [1.54, 1.807) is 6.33 Å². The number of nitrogens with one attached hydrogen (secondary N) is 1. The molecule has 2 rings (SSSR count). The van der Waals surface area contributed by atoms with Crippen LogP contribution in [0.3, 0.4) is 0 Å². The number of hydrogen-bond donors (Lipinski definition) is 2. The smallest absolute Gasteiger partial charge is 0.0925 e. The van der Waals surface area contributed by atoms with Crippen LogP contribution in [0, 0.1) is 0 Å². The lowest BCUT2D eigenvalue weighted by atomic mass is 9.88. The van der Waals surface area contributed by atoms with Gasteiger partial charge in [0.05, 0.1) is 12.0 Å². The number of nitrogens with zero attached hydrogens (tertiary/aromatic N) is 1. The summed E-state index contributed by atoms with van der Waals surface area (Å²) in [4.78, 5) is 7.54. The SMILES string of the molecule is NCCC1CCCc2[nH]cnc21. The summed E-state index contributed by atoms with van der Waals surface area (Å²) in [5.74, 6) is 0.616. The number of rotatable bonds is 2. The van der Waals surface area contributed by atoms with Gasteiger partial charge in [-0.25, -0.2) is 4.98 Å². The van der Waals surface area contributed by atoms with Gasteiger partial charge < -0.3 is 10.7 Å². The molecule has 0 amide bonds. The first kappa shape index (κ1) is 7.80. The van der Waals surface area contributed by atoms with Gasteiger partial charge in [0.15, 0.2) is 0 Å². The molecule has 1 atom stereocenters. The molecule has 0 aliphatic heterocycles. The molecule has 1 aliphatic carbocycles. The van der Waals surface area contributed by atoms with Gasteiger partial charge in [0.1, 0.15) is 0 Å². The summed E-state index contributed by atoms with van der Waals surface area (Å²) in [6.45, 7) is 0.775. The number of imidazole rings is 1. The molecular formula is C9H15N3. The van der Waals surface area contributed by atoms with Crippen LogP contribution < -0.4 is 5.73 Å². The van der Waals surface area contributed by atoms with Crippen LogP contribution in [0.1, 0.15) is 36.6 Å². The van der Waals surface area contributed by atoms with E-state index >= 15 is 0 Å². The first-order chi connectivity index (χ1) is 5.92. The van der Waals surface area contributed by atoms with Gasteiger partial charge in [-0.15, -0.1) is 0 Å². The van der Waals surface area contributed by atoms with E-state index in [2.05, 4.69) is 9.97 Å². The molecule has 0 saturated heterocycles. The van der Waals surface area contributed by atoms with Crippen molar-refractivity contribution in [2.24, 2.45) is 5.73 Å². The van der Waals surface area contributed by atoms with Crippen molar-refractivity contribution < 1.29 is 0 Å². The lowest BCUT2D eigenvalue weighted by molar-refractivity contribution is 0.513. The maximum Gasteiger partial charge on any atom is 0.0925 e. The van der Waals surface area contributed by atoms with Crippen molar-refractivity contribution in [1.29, 1.82) is 0 Å². The summed E-state index contributed by atoms with van der Waals surface area (Å²) in [7, 11) is 0. The molecule has 0 bridgehead atoms. The Hall–Kier alpha value is -0.830. The number of H-pyrrole nitrogens is 1. The lowest BCUT2D eigenvalue weighted by Gasteiger charge is -2.20. The van der Waals surface area contributed by atoms with Crippen molar-refractivity contribution in [3.63, 3.8) is 0 Å². The Morgan fingerprint density at radius 3 is 3.42 bits per heavy atom. The molecule has 0 fully saturated rings. The third-order valence-electron chi connectivity index (χ3n) is 2.63. The van der Waals surface area contributed by atoms with E-state index in [-0.39, 0.29) is 0 Å². The second-order valence-corrected chi connectivity index (χ2v) is 3.43. The van der Waals surface area contributed by atoms with Crippen LogP contribution in [-0.4, -0.2) is 16.5 Å². The van der Waals surface area contributed by atoms with E-state index in [0.717, 1.165) is 19.4 Å². The predicted molar refractivity (Wildman–Crippen MR) is 47.9 cm³/mol. The molecule has 1 unspecified atom stereocenters. The molecule has 12 heavy (non-hydrogen) atoms. The Bertz CT molecular complexity index is 254. The lowest BCUT2D eigenvalue weighted by Crippen LogP contribution is -2.13. The quantitative estimate of drug-likeness (QED) is 0.691. The fraction of sp³-hybridized carbons (Fsp3) is 0.667. The Labute approximate surface area is 72.4 Å². The van der Waals surface area contributed by atoms with Crippen LogP contribution >= 0.6 is 0 Å². The minimum atomic E-state index is 0.616. The first-order valence-electron chi connectivity index (χ1n) is 4.64. The first-order valence-corrected chi connectivity index (χ1v) is 4.64. The zero-order valence-electron chi connectivity index (χ0n) is 7.21. The van der Waals surface area contributed by atoms with Gasteiger partial charge in [-0.05, 0) is 32.2 Å². The van der Waals surface area contributed by atoms with E-state index in [1.165, 1.54) is 24.2 Å². The Morgan fingerprint density at radius 1 is 1.67 bits per heavy atom. The predicted octanol–water partition coefficient (Wildman–Crippen LogP) is 1.18. The number of hydrogen-bond acceptors (Lipinski definition) is 2. The molecular weight excluding hydrogens is 150 g/mol. The van der Waals surface area contributed by atoms with Crippen LogP contribution in [0.15, 0.2) is 6.33 Å². The van der Waals surface area contributed by atoms with Crippen molar-refractivity contribution in [2.45, 2.75) is 31.6 Å². The monoisotopic (exact) mass is 165 g/mol. The van der Waals surface area contributed by atoms with Crippen LogP contribution in [0.4, 0.5) is 0 Å². The minimum absolute atomic E-state index is 0.616. The Morgan fingerprint density at radius 2 is 2.58 bits per heavy atom. The Balaban J connectivity index is 2.19. The fourth-order valence-electron chi connectivity index (χ4n) is 2.03. The van der Waals surface area contributed by atoms with Gasteiger partial charge in [0.2, 0.25) is 0 Å². The zero-order chi connectivity index (χ0) is 8.39. The topological polar surface area (TPSA) is 54.7 Å². The number of aryl methyl sites for hydroxylation is 1. The van der Waals surface area contributed by atoms with Crippen molar-refractivity contribution in [1.82, 2.24) is 9.97 Å². The second-order valence-electron chi connectivity index (χ2n) is 3.43. The summed E-state index contributed by atoms with van der Waals surface area (Å²) in [6.07, 6.45) is 6.59. The van der Waals surface area contributed by atoms with Gasteiger partial charge in [-0.3, -0.25) is 0 Å². The minimum Gasteiger partial charge on any atom is -0.348 e. The molecule has 1 aromatic rings. The van der Waals surface area contributed by atoms with Crippen molar-refractivity contribution >= 4 is 0 Å². The molecule has 66 valence electrons. The summed E-state index contributed by atoms with van der Waals surface area (Å²) in [5, 5.41) is 0. The number of aromatic amines is 1. The van der Waals surface area contributed by atoms with Crippen molar-refractivity contribution in [3.05, 3.63) is 17.7 Å². The van der Waals surface area contributed by atoms with Crippen LogP contribution in [-0.2, 0) is 6.42 Å². The third kappa shape index (κ3) is 1.25. The van der Waals surface area contributed by atoms with E-state index < -0.39 is 0 Å². The highest BCUT2D eigenvalue weighted by molar-refractivity contribution is 5.19. The van der Waals surface area contributed by atoms with E-state index in [1.807, 2.05) is 0 Å². The molecule has 1 aliphatic rings. The average molecular weight is 165 g/mol. The van der Waals surface area contributed by atoms with Gasteiger partial charge in [-0.1, -0.05) is 0 Å². The summed E-state index contributed by atoms with van der Waals surface area (Å²) >= 11 is 0. The number of nitrogens with two attached hydrogens (primary N) is 1. The van der Waals surface area contributed by atoms with Crippen LogP contribution in [0.25, 0.3) is 0 Å². The maximum atomic E-state index is 5.55. The molecule has 3 N–H and O–H groups in total. The molecule has 0 aromatic carbocycles. The summed E-state index contributed by atoms with van der Waals surface area (Å²) in [5.41, 5.74) is 8.15. The highest BCUT2D eigenvalue weighted by Gasteiger charge is 2.21. The molecule has 0 radical (unpaired) electrons. The maximum absolute atomic E-state index is 5.55. The molecule has 0 saturated carbocycles. The number of aromatic nitrogens is 2. The van der Waals surface area contributed by atoms with Gasteiger partial charge >= 0.3 is 0 Å². The van der Waals surface area contributed by atoms with Crippen molar-refractivity contribution in [3.8, 4) is 0 Å². The Kier molecular flexibility index (Phi) is 2.13. The third-order valence-corrected chi connectivity index (χ3v) is 2.63. The standard InChI is InChI=1S/C9H15N3/c10-5-4-7-2-1-3-8-9(7)12-6-11-8/h6-7H,1-5,10H2,(H,11,12). The normalized spacial score (nSPS) is 22.2. The average Bonchev–Trinajstić information content (AvgIpc) is 2.53. The van der Waals surface area contributed by atoms with E-state index in [4.69, 9.17) is 5.73 Å². The highest BCUT2D eigenvalue weighted by Crippen LogP contribution is 2.30. The summed E-state index contributed by atoms with van der Waals surface area (Å²) in [6, 6.07) is 0. The highest BCUT2D eigenvalue weighted by atomic mass is 14.9. The molecule has 1 aromatic heterocycles. The summed E-state index contributed by atoms with van der Waals surface area (Å²) < 4.78 is 0. The van der Waals surface area contributed by atoms with Crippen LogP contribution in [0.2, 0.25) is 0 Å². The van der Waals surface area contributed by atoms with Gasteiger partial charge in [-0.2, -0.15) is 0 Å². The molecule has 0 spiro atoms. The van der Waals surface area contributed by atoms with E-state index in [0.29, 0.717) is 5.92 Å². The van der Waals surface area contributed by atoms with E-state index in [9.17, 15) is 0 Å². The van der Waals surface area contributed by atoms with Crippen molar-refractivity contribution in [2.75, 3.05) is 6.54 Å². The van der Waals surface area contributed by atoms with Gasteiger partial charge in [0.25, 0.3) is 0 Å². The molecule has 1 heterocycles. The van der Waals surface area contributed by atoms with Gasteiger partial charge in [0, 0.05) is 11.6 Å². The molecule has 3 nitrogen and oxygen atoms in total. The zero-order valence-corrected chi connectivity index (χ0v) is 7.21. The second kappa shape index (κ2) is 3.27.